The molecule has 12 heteroatoms. The molecule has 0 fully saturated rings. The molecule has 2 aromatic heterocycles. The topological polar surface area (TPSA) is 131 Å². The number of pyridine rings is 1. The Morgan fingerprint density at radius 3 is 2.50 bits per heavy atom. The number of halogens is 3. The lowest BCUT2D eigenvalue weighted by atomic mass is 10.0. The van der Waals surface area contributed by atoms with E-state index in [9.17, 15) is 14.4 Å². The Kier molecular flexibility index (Phi) is 6.87. The molecular formula is C22H15Br2ClN6O3. The number of carbonyl (C=O) groups excluding carboxylic acids is 3. The molecular weight excluding hydrogens is 592 g/mol. The predicted molar refractivity (Wildman–Crippen MR) is 136 cm³/mol. The third-order valence-electron chi connectivity index (χ3n) is 4.75. The van der Waals surface area contributed by atoms with Crippen LogP contribution in [0.25, 0.3) is 16.6 Å². The van der Waals surface area contributed by atoms with Gasteiger partial charge in [-0.1, -0.05) is 35.9 Å². The highest BCUT2D eigenvalue weighted by Gasteiger charge is 2.23. The number of benzene rings is 2. The van der Waals surface area contributed by atoms with Crippen molar-refractivity contribution in [2.75, 3.05) is 5.32 Å². The zero-order chi connectivity index (χ0) is 24.4. The number of fused-ring (bicyclic) bond motifs is 1. The number of nitrogens with two attached hydrogens (primary N) is 1. The zero-order valence-corrected chi connectivity index (χ0v) is 21.0. The van der Waals surface area contributed by atoms with Crippen molar-refractivity contribution in [3.8, 4) is 5.82 Å². The molecule has 172 valence electrons. The lowest BCUT2D eigenvalue weighted by Gasteiger charge is -2.16. The Balaban J connectivity index is 1.79. The number of amides is 4. The van der Waals surface area contributed by atoms with E-state index in [0.717, 1.165) is 10.8 Å². The van der Waals surface area contributed by atoms with E-state index in [0.29, 0.717) is 19.8 Å². The van der Waals surface area contributed by atoms with E-state index >= 15 is 0 Å². The maximum Gasteiger partial charge on any atom is 0.330 e. The van der Waals surface area contributed by atoms with Crippen LogP contribution in [0.4, 0.5) is 10.5 Å². The summed E-state index contributed by atoms with van der Waals surface area (Å²) in [4.78, 5) is 41.5. The molecule has 0 saturated carbocycles. The Labute approximate surface area is 214 Å². The fourth-order valence-electron chi connectivity index (χ4n) is 3.30. The van der Waals surface area contributed by atoms with Crippen molar-refractivity contribution in [2.45, 2.75) is 0 Å². The van der Waals surface area contributed by atoms with Crippen LogP contribution < -0.4 is 21.9 Å². The number of hydrogen-bond donors (Lipinski definition) is 4. The van der Waals surface area contributed by atoms with Crippen LogP contribution in [0.3, 0.4) is 0 Å². The first-order chi connectivity index (χ1) is 16.3. The van der Waals surface area contributed by atoms with Gasteiger partial charge in [-0.15, -0.1) is 0 Å². The number of nitrogens with zero attached hydrogens (tertiary/aromatic N) is 2. The van der Waals surface area contributed by atoms with Crippen molar-refractivity contribution < 1.29 is 14.4 Å². The number of hydrazine groups is 1. The molecule has 0 aliphatic rings. The number of primary amides is 1. The van der Waals surface area contributed by atoms with E-state index in [2.05, 4.69) is 47.6 Å². The Morgan fingerprint density at radius 1 is 1.00 bits per heavy atom. The molecule has 2 heterocycles. The molecule has 0 aliphatic heterocycles. The van der Waals surface area contributed by atoms with Gasteiger partial charge in [-0.3, -0.25) is 19.6 Å². The van der Waals surface area contributed by atoms with Crippen LogP contribution in [0.1, 0.15) is 20.8 Å². The van der Waals surface area contributed by atoms with Gasteiger partial charge in [0.15, 0.2) is 5.82 Å². The van der Waals surface area contributed by atoms with Crippen molar-refractivity contribution in [2.24, 2.45) is 5.73 Å². The van der Waals surface area contributed by atoms with Crippen molar-refractivity contribution in [3.05, 3.63) is 86.2 Å². The second kappa shape index (κ2) is 9.84. The van der Waals surface area contributed by atoms with Crippen LogP contribution in [0.5, 0.6) is 0 Å². The normalized spacial score (nSPS) is 10.7. The number of aromatic nitrogens is 2. The Morgan fingerprint density at radius 2 is 1.76 bits per heavy atom. The highest BCUT2D eigenvalue weighted by molar-refractivity contribution is 9.11. The molecule has 0 unspecified atom stereocenters. The molecule has 2 aromatic carbocycles. The predicted octanol–water partition coefficient (Wildman–Crippen LogP) is 4.77. The number of nitrogens with one attached hydrogen (secondary N) is 3. The van der Waals surface area contributed by atoms with Crippen LogP contribution in [-0.2, 0) is 0 Å². The quantitative estimate of drug-likeness (QED) is 0.249. The first-order valence-electron chi connectivity index (χ1n) is 9.63. The van der Waals surface area contributed by atoms with Crippen molar-refractivity contribution >= 4 is 77.8 Å². The van der Waals surface area contributed by atoms with E-state index in [-0.39, 0.29) is 16.9 Å². The van der Waals surface area contributed by atoms with Crippen molar-refractivity contribution in [3.63, 3.8) is 0 Å². The molecule has 0 saturated heterocycles. The molecule has 4 amide bonds. The Bertz CT molecular complexity index is 1460. The van der Waals surface area contributed by atoms with E-state index in [1.165, 1.54) is 4.57 Å². The zero-order valence-electron chi connectivity index (χ0n) is 17.1. The van der Waals surface area contributed by atoms with Crippen LogP contribution in [0, 0.1) is 0 Å². The summed E-state index contributed by atoms with van der Waals surface area (Å²) in [5.41, 5.74) is 9.82. The number of hydrogen-bond acceptors (Lipinski definition) is 4. The molecule has 0 bridgehead atoms. The monoisotopic (exact) mass is 604 g/mol. The lowest BCUT2D eigenvalue weighted by molar-refractivity contribution is 0.0938. The van der Waals surface area contributed by atoms with E-state index in [1.807, 2.05) is 29.7 Å². The van der Waals surface area contributed by atoms with Crippen molar-refractivity contribution in [1.82, 2.24) is 20.4 Å². The van der Waals surface area contributed by atoms with E-state index < -0.39 is 17.8 Å². The van der Waals surface area contributed by atoms with Crippen molar-refractivity contribution in [1.29, 1.82) is 0 Å². The molecule has 0 radical (unpaired) electrons. The first-order valence-corrected chi connectivity index (χ1v) is 11.6. The summed E-state index contributed by atoms with van der Waals surface area (Å²) in [5, 5.41) is 4.65. The summed E-state index contributed by atoms with van der Waals surface area (Å²) in [6.07, 6.45) is 3.22. The maximum absolute atomic E-state index is 13.4. The van der Waals surface area contributed by atoms with Crippen LogP contribution in [0.15, 0.2) is 69.9 Å². The largest absolute Gasteiger partial charge is 0.350 e. The van der Waals surface area contributed by atoms with Gasteiger partial charge >= 0.3 is 6.03 Å². The fourth-order valence-corrected chi connectivity index (χ4v) is 4.61. The molecule has 0 atom stereocenters. The average Bonchev–Trinajstić information content (AvgIpc) is 3.21. The van der Waals surface area contributed by atoms with E-state index in [4.69, 9.17) is 17.3 Å². The fraction of sp³-hybridized carbons (Fsp3) is 0. The molecule has 4 aromatic rings. The van der Waals surface area contributed by atoms with Gasteiger partial charge in [0, 0.05) is 21.3 Å². The van der Waals surface area contributed by atoms with Gasteiger partial charge in [0.05, 0.1) is 16.3 Å². The standard InChI is InChI=1S/C22H15Br2ClN6O3/c23-12-9-16(31(10-12)19-15(25)6-3-7-27-19)21(33)28-18-14(20(32)29-30-22(26)34)8-11-4-1-2-5-13(11)17(18)24/h1-10H,(H,28,33)(H,29,32)(H3,26,30,34). The van der Waals surface area contributed by atoms with Gasteiger partial charge in [-0.2, -0.15) is 0 Å². The molecule has 0 aliphatic carbocycles. The number of carbonyl (C=O) groups is 3. The highest BCUT2D eigenvalue weighted by Crippen LogP contribution is 2.35. The molecule has 4 rings (SSSR count). The number of rotatable bonds is 4. The second-order valence-electron chi connectivity index (χ2n) is 6.95. The molecule has 5 N–H and O–H groups in total. The molecule has 0 spiro atoms. The van der Waals surface area contributed by atoms with Gasteiger partial charge < -0.3 is 11.1 Å². The first kappa shape index (κ1) is 23.7. The lowest BCUT2D eigenvalue weighted by Crippen LogP contribution is -2.44. The third kappa shape index (κ3) is 4.76. The average molecular weight is 607 g/mol. The summed E-state index contributed by atoms with van der Waals surface area (Å²) in [6, 6.07) is 12.9. The Hall–Kier alpha value is -3.41. The summed E-state index contributed by atoms with van der Waals surface area (Å²) in [7, 11) is 0. The summed E-state index contributed by atoms with van der Waals surface area (Å²) in [5.74, 6) is -0.841. The SMILES string of the molecule is NC(=O)NNC(=O)c1cc2ccccc2c(Br)c1NC(=O)c1cc(Br)cn1-c1ncccc1Cl. The van der Waals surface area contributed by atoms with Gasteiger partial charge in [0.1, 0.15) is 5.69 Å². The van der Waals surface area contributed by atoms with Gasteiger partial charge in [0.25, 0.3) is 11.8 Å². The minimum absolute atomic E-state index is 0.0979. The second-order valence-corrected chi connectivity index (χ2v) is 9.07. The molecule has 9 nitrogen and oxygen atoms in total. The minimum atomic E-state index is -0.936. The van der Waals surface area contributed by atoms with Crippen LogP contribution >= 0.6 is 43.5 Å². The highest BCUT2D eigenvalue weighted by atomic mass is 79.9. The number of urea groups is 1. The minimum Gasteiger partial charge on any atom is -0.350 e. The summed E-state index contributed by atoms with van der Waals surface area (Å²) >= 11 is 13.2. The van der Waals surface area contributed by atoms with Crippen LogP contribution in [-0.4, -0.2) is 27.4 Å². The van der Waals surface area contributed by atoms with Crippen LogP contribution in [0.2, 0.25) is 5.02 Å². The number of anilines is 1. The third-order valence-corrected chi connectivity index (χ3v) is 6.31. The molecule has 34 heavy (non-hydrogen) atoms. The van der Waals surface area contributed by atoms with Gasteiger partial charge in [-0.05, 0) is 66.9 Å². The summed E-state index contributed by atoms with van der Waals surface area (Å²) < 4.78 is 2.64. The smallest absolute Gasteiger partial charge is 0.330 e. The summed E-state index contributed by atoms with van der Waals surface area (Å²) in [6.45, 7) is 0. The maximum atomic E-state index is 13.4. The van der Waals surface area contributed by atoms with Gasteiger partial charge in [0.2, 0.25) is 0 Å². The van der Waals surface area contributed by atoms with E-state index in [1.54, 1.807) is 36.7 Å². The van der Waals surface area contributed by atoms with Gasteiger partial charge in [-0.25, -0.2) is 15.2 Å².